The number of nitrogens with zero attached hydrogens (tertiary/aromatic N) is 1. The molecule has 0 bridgehead atoms. The molecule has 2 aromatic carbocycles. The van der Waals surface area contributed by atoms with Crippen molar-refractivity contribution in [3.63, 3.8) is 0 Å². The molecule has 0 unspecified atom stereocenters. The summed E-state index contributed by atoms with van der Waals surface area (Å²) in [7, 11) is 0. The second kappa shape index (κ2) is 9.93. The minimum absolute atomic E-state index is 0.0220. The van der Waals surface area contributed by atoms with Crippen LogP contribution in [0.4, 0.5) is 0 Å². The van der Waals surface area contributed by atoms with Crippen molar-refractivity contribution in [2.75, 3.05) is 13.2 Å². The summed E-state index contributed by atoms with van der Waals surface area (Å²) < 4.78 is 5.62. The fraction of sp³-hybridized carbons (Fsp3) is 0.391. The average molecular weight is 383 g/mol. The number of ether oxygens (including phenoxy) is 1. The number of hydrogen-bond acceptors (Lipinski definition) is 4. The highest BCUT2D eigenvalue weighted by Gasteiger charge is 2.13. The second-order valence-electron chi connectivity index (χ2n) is 7.62. The van der Waals surface area contributed by atoms with Crippen LogP contribution in [0.25, 0.3) is 0 Å². The molecule has 5 nitrogen and oxygen atoms in total. The lowest BCUT2D eigenvalue weighted by Crippen LogP contribution is -2.11. The number of carbonyl (C=O) groups is 1. The van der Waals surface area contributed by atoms with E-state index in [-0.39, 0.29) is 11.8 Å². The Kier molecular flexibility index (Phi) is 7.61. The Balaban J connectivity index is 1.86. The highest BCUT2D eigenvalue weighted by atomic mass is 16.6. The summed E-state index contributed by atoms with van der Waals surface area (Å²) in [6, 6.07) is 15.5. The van der Waals surface area contributed by atoms with Crippen LogP contribution in [0.5, 0.6) is 5.75 Å². The zero-order valence-electron chi connectivity index (χ0n) is 17.1. The molecule has 150 valence electrons. The molecule has 28 heavy (non-hydrogen) atoms. The highest BCUT2D eigenvalue weighted by Crippen LogP contribution is 2.22. The molecule has 0 aliphatic heterocycles. The van der Waals surface area contributed by atoms with Crippen molar-refractivity contribution in [3.05, 3.63) is 65.2 Å². The molecule has 0 amide bonds. The van der Waals surface area contributed by atoms with Gasteiger partial charge in [-0.1, -0.05) is 69.2 Å². The molecule has 5 heteroatoms. The molecule has 0 saturated heterocycles. The van der Waals surface area contributed by atoms with Crippen LogP contribution in [-0.2, 0) is 21.5 Å². The van der Waals surface area contributed by atoms with Gasteiger partial charge >= 0.3 is 5.97 Å². The molecule has 0 aromatic heterocycles. The van der Waals surface area contributed by atoms with E-state index in [2.05, 4.69) is 50.2 Å². The summed E-state index contributed by atoms with van der Waals surface area (Å²) >= 11 is 0. The van der Waals surface area contributed by atoms with Crippen molar-refractivity contribution >= 4 is 11.7 Å². The molecule has 0 aliphatic carbocycles. The molecule has 0 saturated carbocycles. The summed E-state index contributed by atoms with van der Waals surface area (Å²) in [5.74, 6) is -0.239. The number of oxime groups is 1. The molecule has 2 aromatic rings. The SMILES string of the molecule is CCC(=NOCCOc1cccc(CC(=O)O)c1)c1ccc(C(C)(C)C)cc1. The van der Waals surface area contributed by atoms with Gasteiger partial charge in [0.05, 0.1) is 12.1 Å². The molecule has 0 fully saturated rings. The van der Waals surface area contributed by atoms with Gasteiger partial charge < -0.3 is 14.7 Å². The third kappa shape index (κ3) is 6.72. The van der Waals surface area contributed by atoms with Crippen molar-refractivity contribution in [1.29, 1.82) is 0 Å². The van der Waals surface area contributed by atoms with Crippen LogP contribution >= 0.6 is 0 Å². The molecule has 0 radical (unpaired) electrons. The topological polar surface area (TPSA) is 68.1 Å². The standard InChI is InChI=1S/C23H29NO4/c1-5-21(18-9-11-19(12-10-18)23(2,3)4)24-28-14-13-27-20-8-6-7-17(15-20)16-22(25)26/h6-12,15H,5,13-14,16H2,1-4H3,(H,25,26). The lowest BCUT2D eigenvalue weighted by Gasteiger charge is -2.19. The van der Waals surface area contributed by atoms with Gasteiger partial charge in [0.15, 0.2) is 6.61 Å². The van der Waals surface area contributed by atoms with Crippen LogP contribution in [0.1, 0.15) is 50.8 Å². The minimum Gasteiger partial charge on any atom is -0.490 e. The van der Waals surface area contributed by atoms with E-state index >= 15 is 0 Å². The first-order valence-corrected chi connectivity index (χ1v) is 9.53. The van der Waals surface area contributed by atoms with Gasteiger partial charge in [-0.05, 0) is 40.7 Å². The van der Waals surface area contributed by atoms with Gasteiger partial charge in [-0.2, -0.15) is 0 Å². The predicted octanol–water partition coefficient (Wildman–Crippen LogP) is 4.82. The van der Waals surface area contributed by atoms with E-state index in [1.165, 1.54) is 5.56 Å². The zero-order valence-corrected chi connectivity index (χ0v) is 17.1. The Hall–Kier alpha value is -2.82. The number of rotatable bonds is 9. The summed E-state index contributed by atoms with van der Waals surface area (Å²) in [4.78, 5) is 16.2. The fourth-order valence-corrected chi connectivity index (χ4v) is 2.72. The van der Waals surface area contributed by atoms with Crippen LogP contribution in [0.3, 0.4) is 0 Å². The lowest BCUT2D eigenvalue weighted by molar-refractivity contribution is -0.136. The summed E-state index contributed by atoms with van der Waals surface area (Å²) in [5, 5.41) is 13.1. The smallest absolute Gasteiger partial charge is 0.307 e. The fourth-order valence-electron chi connectivity index (χ4n) is 2.72. The number of carboxylic acid groups (broad SMARTS) is 1. The number of carboxylic acids is 1. The highest BCUT2D eigenvalue weighted by molar-refractivity contribution is 6.00. The van der Waals surface area contributed by atoms with E-state index in [1.54, 1.807) is 24.3 Å². The third-order valence-corrected chi connectivity index (χ3v) is 4.29. The average Bonchev–Trinajstić information content (AvgIpc) is 2.64. The number of aliphatic carboxylic acids is 1. The van der Waals surface area contributed by atoms with Crippen molar-refractivity contribution in [2.45, 2.75) is 46.0 Å². The first-order valence-electron chi connectivity index (χ1n) is 9.53. The zero-order chi connectivity index (χ0) is 20.6. The Morgan fingerprint density at radius 3 is 2.39 bits per heavy atom. The number of benzene rings is 2. The molecule has 2 rings (SSSR count). The van der Waals surface area contributed by atoms with Gasteiger partial charge in [0.2, 0.25) is 0 Å². The maximum Gasteiger partial charge on any atom is 0.307 e. The largest absolute Gasteiger partial charge is 0.490 e. The lowest BCUT2D eigenvalue weighted by atomic mass is 9.86. The van der Waals surface area contributed by atoms with Crippen molar-refractivity contribution in [1.82, 2.24) is 0 Å². The van der Waals surface area contributed by atoms with Crippen molar-refractivity contribution in [2.24, 2.45) is 5.16 Å². The first kappa shape index (κ1) is 21.5. The molecule has 0 heterocycles. The normalized spacial score (nSPS) is 11.9. The second-order valence-corrected chi connectivity index (χ2v) is 7.62. The molecule has 0 spiro atoms. The Bertz CT molecular complexity index is 804. The molecular formula is C23H29NO4. The molecular weight excluding hydrogens is 354 g/mol. The van der Waals surface area contributed by atoms with E-state index < -0.39 is 5.97 Å². The van der Waals surface area contributed by atoms with E-state index in [9.17, 15) is 4.79 Å². The van der Waals surface area contributed by atoms with Gasteiger partial charge in [0, 0.05) is 0 Å². The quantitative estimate of drug-likeness (QED) is 0.383. The van der Waals surface area contributed by atoms with Gasteiger partial charge in [-0.3, -0.25) is 4.79 Å². The minimum atomic E-state index is -0.863. The monoisotopic (exact) mass is 383 g/mol. The maximum absolute atomic E-state index is 10.8. The predicted molar refractivity (Wildman–Crippen MR) is 111 cm³/mol. The van der Waals surface area contributed by atoms with Crippen molar-refractivity contribution in [3.8, 4) is 5.75 Å². The van der Waals surface area contributed by atoms with Crippen LogP contribution < -0.4 is 4.74 Å². The van der Waals surface area contributed by atoms with Crippen LogP contribution in [-0.4, -0.2) is 30.0 Å². The first-order chi connectivity index (χ1) is 13.3. The molecule has 0 atom stereocenters. The van der Waals surface area contributed by atoms with E-state index in [1.807, 2.05) is 6.92 Å². The van der Waals surface area contributed by atoms with Gasteiger partial charge in [-0.15, -0.1) is 0 Å². The summed E-state index contributed by atoms with van der Waals surface area (Å²) in [6.45, 7) is 9.27. The number of hydrogen-bond donors (Lipinski definition) is 1. The van der Waals surface area contributed by atoms with Crippen LogP contribution in [0, 0.1) is 0 Å². The Morgan fingerprint density at radius 1 is 1.07 bits per heavy atom. The Labute approximate surface area is 167 Å². The third-order valence-electron chi connectivity index (χ3n) is 4.29. The molecule has 1 N–H and O–H groups in total. The van der Waals surface area contributed by atoms with E-state index in [0.717, 1.165) is 17.7 Å². The van der Waals surface area contributed by atoms with Gasteiger partial charge in [0.1, 0.15) is 12.4 Å². The van der Waals surface area contributed by atoms with E-state index in [4.69, 9.17) is 14.7 Å². The van der Waals surface area contributed by atoms with Crippen LogP contribution in [0.15, 0.2) is 53.7 Å². The Morgan fingerprint density at radius 2 is 1.79 bits per heavy atom. The van der Waals surface area contributed by atoms with Crippen molar-refractivity contribution < 1.29 is 19.5 Å². The maximum atomic E-state index is 10.8. The molecule has 0 aliphatic rings. The summed E-state index contributed by atoms with van der Waals surface area (Å²) in [6.07, 6.45) is 0.749. The van der Waals surface area contributed by atoms with Crippen LogP contribution in [0.2, 0.25) is 0 Å². The van der Waals surface area contributed by atoms with Gasteiger partial charge in [-0.25, -0.2) is 0 Å². The summed E-state index contributed by atoms with van der Waals surface area (Å²) in [5.41, 5.74) is 4.06. The van der Waals surface area contributed by atoms with Gasteiger partial charge in [0.25, 0.3) is 0 Å². The van der Waals surface area contributed by atoms with E-state index in [0.29, 0.717) is 24.5 Å².